The molecule has 1 heterocycles. The van der Waals surface area contributed by atoms with Crippen LogP contribution in [0.5, 0.6) is 0 Å². The molecule has 1 rings (SSSR count). The second kappa shape index (κ2) is 3.34. The van der Waals surface area contributed by atoms with Gasteiger partial charge in [-0.3, -0.25) is 0 Å². The van der Waals surface area contributed by atoms with E-state index in [4.69, 9.17) is 10.5 Å². The van der Waals surface area contributed by atoms with E-state index >= 15 is 0 Å². The number of aromatic nitrogens is 1. The van der Waals surface area contributed by atoms with E-state index in [-0.39, 0.29) is 5.82 Å². The third-order valence-electron chi connectivity index (χ3n) is 1.06. The molecule has 0 amide bonds. The molecule has 60 valence electrons. The lowest BCUT2D eigenvalue weighted by Crippen LogP contribution is -2.05. The van der Waals surface area contributed by atoms with Crippen LogP contribution < -0.4 is 5.73 Å². The molecule has 1 aromatic heterocycles. The van der Waals surface area contributed by atoms with Crippen molar-refractivity contribution in [2.24, 2.45) is 0 Å². The number of esters is 1. The van der Waals surface area contributed by atoms with Crippen molar-refractivity contribution >= 4 is 23.1 Å². The van der Waals surface area contributed by atoms with Crippen molar-refractivity contribution in [3.05, 3.63) is 10.4 Å². The molecular weight excluding hydrogens is 164 g/mol. The minimum atomic E-state index is -0.396. The second-order valence-electron chi connectivity index (χ2n) is 1.79. The van der Waals surface area contributed by atoms with Gasteiger partial charge in [0.05, 0.1) is 12.1 Å². The number of nitrogens with two attached hydrogens (primary N) is 1. The van der Waals surface area contributed by atoms with Gasteiger partial charge in [-0.2, -0.15) is 0 Å². The topological polar surface area (TPSA) is 65.2 Å². The van der Waals surface area contributed by atoms with Crippen LogP contribution in [0.15, 0.2) is 5.51 Å². The van der Waals surface area contributed by atoms with Gasteiger partial charge >= 0.3 is 5.97 Å². The third-order valence-corrected chi connectivity index (χ3v) is 1.88. The number of thiazole rings is 1. The van der Waals surface area contributed by atoms with Crippen LogP contribution in [-0.2, 0) is 4.74 Å². The van der Waals surface area contributed by atoms with Crippen LogP contribution in [0.1, 0.15) is 16.6 Å². The molecule has 1 aromatic rings. The minimum Gasteiger partial charge on any atom is -0.462 e. The van der Waals surface area contributed by atoms with E-state index in [1.807, 2.05) is 0 Å². The summed E-state index contributed by atoms with van der Waals surface area (Å²) in [5, 5.41) is 0. The number of nitrogen functional groups attached to an aromatic ring is 1. The van der Waals surface area contributed by atoms with E-state index < -0.39 is 5.97 Å². The van der Waals surface area contributed by atoms with Gasteiger partial charge in [0, 0.05) is 0 Å². The molecule has 0 aliphatic heterocycles. The predicted octanol–water partition coefficient (Wildman–Crippen LogP) is 0.902. The van der Waals surface area contributed by atoms with E-state index in [2.05, 4.69) is 4.98 Å². The maximum atomic E-state index is 11.0. The summed E-state index contributed by atoms with van der Waals surface area (Å²) in [7, 11) is 0. The molecule has 0 atom stereocenters. The smallest absolute Gasteiger partial charge is 0.352 e. The predicted molar refractivity (Wildman–Crippen MR) is 42.5 cm³/mol. The first-order valence-corrected chi connectivity index (χ1v) is 3.99. The van der Waals surface area contributed by atoms with E-state index in [9.17, 15) is 4.79 Å². The number of hydrogen-bond acceptors (Lipinski definition) is 5. The highest BCUT2D eigenvalue weighted by molar-refractivity contribution is 7.12. The number of hydrogen-bond donors (Lipinski definition) is 1. The Balaban J connectivity index is 2.76. The summed E-state index contributed by atoms with van der Waals surface area (Å²) in [6.07, 6.45) is 0. The number of carbonyl (C=O) groups excluding carboxylic acids is 1. The highest BCUT2D eigenvalue weighted by atomic mass is 32.1. The Hall–Kier alpha value is -1.10. The second-order valence-corrected chi connectivity index (χ2v) is 2.64. The highest BCUT2D eigenvalue weighted by Crippen LogP contribution is 2.15. The largest absolute Gasteiger partial charge is 0.462 e. The van der Waals surface area contributed by atoms with Crippen LogP contribution in [0.4, 0.5) is 5.82 Å². The fraction of sp³-hybridized carbons (Fsp3) is 0.333. The minimum absolute atomic E-state index is 0.244. The Morgan fingerprint density at radius 3 is 3.09 bits per heavy atom. The fourth-order valence-electron chi connectivity index (χ4n) is 0.604. The number of rotatable bonds is 2. The molecule has 0 radical (unpaired) electrons. The molecule has 0 fully saturated rings. The summed E-state index contributed by atoms with van der Waals surface area (Å²) in [4.78, 5) is 15.1. The van der Waals surface area contributed by atoms with Gasteiger partial charge in [-0.05, 0) is 6.92 Å². The summed E-state index contributed by atoms with van der Waals surface area (Å²) in [5.74, 6) is -0.152. The lowest BCUT2D eigenvalue weighted by Gasteiger charge is -1.97. The maximum Gasteiger partial charge on any atom is 0.352 e. The zero-order valence-electron chi connectivity index (χ0n) is 6.03. The van der Waals surface area contributed by atoms with Crippen molar-refractivity contribution in [1.82, 2.24) is 4.98 Å². The summed E-state index contributed by atoms with van der Waals surface area (Å²) in [5.41, 5.74) is 6.89. The van der Waals surface area contributed by atoms with Gasteiger partial charge in [-0.25, -0.2) is 9.78 Å². The van der Waals surface area contributed by atoms with Crippen LogP contribution in [0.2, 0.25) is 0 Å². The SMILES string of the molecule is CCOC(=O)c1scnc1N. The van der Waals surface area contributed by atoms with Crippen molar-refractivity contribution in [3.8, 4) is 0 Å². The van der Waals surface area contributed by atoms with Crippen LogP contribution in [0.3, 0.4) is 0 Å². The van der Waals surface area contributed by atoms with E-state index in [0.717, 1.165) is 0 Å². The third kappa shape index (κ3) is 1.68. The molecular formula is C6H8N2O2S. The Morgan fingerprint density at radius 1 is 1.91 bits per heavy atom. The van der Waals surface area contributed by atoms with E-state index in [0.29, 0.717) is 11.5 Å². The first kappa shape index (κ1) is 8.00. The molecule has 0 unspecified atom stereocenters. The number of nitrogens with zero attached hydrogens (tertiary/aromatic N) is 1. The molecule has 0 saturated carbocycles. The van der Waals surface area contributed by atoms with Crippen molar-refractivity contribution in [2.45, 2.75) is 6.92 Å². The molecule has 0 aliphatic carbocycles. The quantitative estimate of drug-likeness (QED) is 0.673. The van der Waals surface area contributed by atoms with Gasteiger partial charge in [-0.1, -0.05) is 0 Å². The number of ether oxygens (including phenoxy) is 1. The monoisotopic (exact) mass is 172 g/mol. The summed E-state index contributed by atoms with van der Waals surface area (Å²) in [6, 6.07) is 0. The molecule has 0 aromatic carbocycles. The van der Waals surface area contributed by atoms with Gasteiger partial charge in [0.25, 0.3) is 0 Å². The Bertz CT molecular complexity index is 259. The molecule has 0 spiro atoms. The van der Waals surface area contributed by atoms with E-state index in [1.54, 1.807) is 6.92 Å². The van der Waals surface area contributed by atoms with Gasteiger partial charge in [0.2, 0.25) is 0 Å². The molecule has 11 heavy (non-hydrogen) atoms. The van der Waals surface area contributed by atoms with Gasteiger partial charge in [0.15, 0.2) is 4.88 Å². The number of anilines is 1. The van der Waals surface area contributed by atoms with Crippen molar-refractivity contribution in [3.63, 3.8) is 0 Å². The first-order valence-electron chi connectivity index (χ1n) is 3.11. The summed E-state index contributed by atoms with van der Waals surface area (Å²) in [6.45, 7) is 2.10. The zero-order valence-corrected chi connectivity index (χ0v) is 6.85. The molecule has 5 heteroatoms. The molecule has 0 saturated heterocycles. The zero-order chi connectivity index (χ0) is 8.27. The van der Waals surface area contributed by atoms with Gasteiger partial charge in [-0.15, -0.1) is 11.3 Å². The summed E-state index contributed by atoms with van der Waals surface area (Å²) < 4.78 is 4.72. The van der Waals surface area contributed by atoms with Gasteiger partial charge in [0.1, 0.15) is 5.82 Å². The lowest BCUT2D eigenvalue weighted by atomic mass is 10.5. The van der Waals surface area contributed by atoms with Crippen molar-refractivity contribution in [2.75, 3.05) is 12.3 Å². The van der Waals surface area contributed by atoms with Crippen molar-refractivity contribution in [1.29, 1.82) is 0 Å². The molecule has 0 bridgehead atoms. The standard InChI is InChI=1S/C6H8N2O2S/c1-2-10-6(9)4-5(7)8-3-11-4/h3H,2,7H2,1H3. The molecule has 4 nitrogen and oxygen atoms in total. The average Bonchev–Trinajstić information content (AvgIpc) is 2.36. The number of carbonyl (C=O) groups is 1. The Kier molecular flexibility index (Phi) is 2.43. The van der Waals surface area contributed by atoms with Gasteiger partial charge < -0.3 is 10.5 Å². The van der Waals surface area contributed by atoms with Crippen molar-refractivity contribution < 1.29 is 9.53 Å². The normalized spacial score (nSPS) is 9.55. The van der Waals surface area contributed by atoms with Crippen LogP contribution in [-0.4, -0.2) is 17.6 Å². The van der Waals surface area contributed by atoms with Crippen LogP contribution in [0, 0.1) is 0 Å². The summed E-state index contributed by atoms with van der Waals surface area (Å²) >= 11 is 1.19. The first-order chi connectivity index (χ1) is 5.25. The van der Waals surface area contributed by atoms with Crippen LogP contribution >= 0.6 is 11.3 Å². The molecule has 0 aliphatic rings. The van der Waals surface area contributed by atoms with E-state index in [1.165, 1.54) is 16.8 Å². The molecule has 2 N–H and O–H groups in total. The van der Waals surface area contributed by atoms with Crippen LogP contribution in [0.25, 0.3) is 0 Å². The Labute approximate surface area is 68.0 Å². The Morgan fingerprint density at radius 2 is 2.64 bits per heavy atom. The maximum absolute atomic E-state index is 11.0. The highest BCUT2D eigenvalue weighted by Gasteiger charge is 2.12. The fourth-order valence-corrected chi connectivity index (χ4v) is 1.20. The lowest BCUT2D eigenvalue weighted by molar-refractivity contribution is 0.0533. The average molecular weight is 172 g/mol.